The molecule has 148 valence electrons. The molecule has 1 aromatic heterocycles. The molecule has 0 aliphatic carbocycles. The van der Waals surface area contributed by atoms with E-state index in [1.807, 2.05) is 50.4 Å². The molecule has 2 aromatic carbocycles. The van der Waals surface area contributed by atoms with Gasteiger partial charge in [-0.2, -0.15) is 4.98 Å². The molecule has 4 rings (SSSR count). The number of hydrogen-bond acceptors (Lipinski definition) is 6. The van der Waals surface area contributed by atoms with E-state index in [0.717, 1.165) is 16.7 Å². The minimum absolute atomic E-state index is 0.0778. The first kappa shape index (κ1) is 19.7. The first-order valence-electron chi connectivity index (χ1n) is 9.15. The van der Waals surface area contributed by atoms with Crippen LogP contribution in [0.1, 0.15) is 30.7 Å². The number of amides is 1. The molecule has 8 heteroatoms. The molecular weight excluding hydrogens is 408 g/mol. The zero-order chi connectivity index (χ0) is 20.5. The summed E-state index contributed by atoms with van der Waals surface area (Å²) in [6.07, 6.45) is 1.47. The fourth-order valence-electron chi connectivity index (χ4n) is 3.28. The zero-order valence-electron chi connectivity index (χ0n) is 16.2. The Morgan fingerprint density at radius 3 is 2.79 bits per heavy atom. The average molecular weight is 427 g/mol. The number of nitrogens with zero attached hydrogens (tertiary/aromatic N) is 4. The molecule has 1 aliphatic rings. The zero-order valence-corrected chi connectivity index (χ0v) is 17.8. The molecule has 29 heavy (non-hydrogen) atoms. The van der Waals surface area contributed by atoms with Crippen molar-refractivity contribution in [1.82, 2.24) is 15.2 Å². The maximum Gasteiger partial charge on any atom is 0.247 e. The molecule has 1 aliphatic heterocycles. The van der Waals surface area contributed by atoms with Gasteiger partial charge in [0.05, 0.1) is 5.69 Å². The Balaban J connectivity index is 2.00. The summed E-state index contributed by atoms with van der Waals surface area (Å²) >= 11 is 7.61. The van der Waals surface area contributed by atoms with Crippen LogP contribution in [0.5, 0.6) is 5.88 Å². The molecule has 0 N–H and O–H groups in total. The fourth-order valence-corrected chi connectivity index (χ4v) is 3.78. The van der Waals surface area contributed by atoms with Crippen molar-refractivity contribution in [2.24, 2.45) is 0 Å². The van der Waals surface area contributed by atoms with Crippen molar-refractivity contribution in [3.05, 3.63) is 58.6 Å². The predicted molar refractivity (Wildman–Crippen MR) is 114 cm³/mol. The number of aromatic nitrogens is 3. The number of aryl methyl sites for hydroxylation is 1. The smallest absolute Gasteiger partial charge is 0.247 e. The van der Waals surface area contributed by atoms with Crippen molar-refractivity contribution in [3.8, 4) is 17.1 Å². The maximum absolute atomic E-state index is 13.1. The highest BCUT2D eigenvalue weighted by molar-refractivity contribution is 7.98. The minimum atomic E-state index is -0.727. The molecule has 6 nitrogen and oxygen atoms in total. The van der Waals surface area contributed by atoms with Gasteiger partial charge >= 0.3 is 0 Å². The first-order chi connectivity index (χ1) is 14.0. The standard InChI is InChI=1S/C21H19ClN4O2S/c1-4-17(27)26-16-9-8-12(2)10-15(16)18-19(23-21(29-3)25-24-18)28-20(26)13-6-5-7-14(22)11-13/h5-11,20H,4H2,1-3H3/t20-/m0/s1. The van der Waals surface area contributed by atoms with Gasteiger partial charge in [0.25, 0.3) is 0 Å². The first-order valence-corrected chi connectivity index (χ1v) is 10.8. The topological polar surface area (TPSA) is 68.2 Å². The van der Waals surface area contributed by atoms with Crippen LogP contribution in [0, 0.1) is 6.92 Å². The second-order valence-corrected chi connectivity index (χ2v) is 7.83. The van der Waals surface area contributed by atoms with Crippen LogP contribution in [-0.4, -0.2) is 27.3 Å². The molecule has 0 spiro atoms. The fraction of sp³-hybridized carbons (Fsp3) is 0.238. The van der Waals surface area contributed by atoms with Gasteiger partial charge in [-0.25, -0.2) is 0 Å². The van der Waals surface area contributed by atoms with Crippen LogP contribution in [0.15, 0.2) is 47.6 Å². The lowest BCUT2D eigenvalue weighted by atomic mass is 10.0. The maximum atomic E-state index is 13.1. The summed E-state index contributed by atoms with van der Waals surface area (Å²) in [5.41, 5.74) is 3.77. The van der Waals surface area contributed by atoms with Crippen molar-refractivity contribution in [2.45, 2.75) is 31.7 Å². The third-order valence-electron chi connectivity index (χ3n) is 4.65. The molecule has 0 saturated carbocycles. The molecule has 1 atom stereocenters. The molecule has 0 fully saturated rings. The van der Waals surface area contributed by atoms with Crippen LogP contribution in [0.3, 0.4) is 0 Å². The number of ether oxygens (including phenoxy) is 1. The second kappa shape index (κ2) is 8.00. The molecule has 2 heterocycles. The van der Waals surface area contributed by atoms with Crippen LogP contribution >= 0.6 is 23.4 Å². The molecule has 0 saturated heterocycles. The van der Waals surface area contributed by atoms with Crippen LogP contribution in [0.2, 0.25) is 5.02 Å². The lowest BCUT2D eigenvalue weighted by Crippen LogP contribution is -2.37. The summed E-state index contributed by atoms with van der Waals surface area (Å²) in [7, 11) is 0. The summed E-state index contributed by atoms with van der Waals surface area (Å²) in [6, 6.07) is 13.2. The van der Waals surface area contributed by atoms with E-state index in [2.05, 4.69) is 15.2 Å². The Kier molecular flexibility index (Phi) is 5.43. The number of anilines is 1. The van der Waals surface area contributed by atoms with E-state index in [9.17, 15) is 4.79 Å². The lowest BCUT2D eigenvalue weighted by molar-refractivity contribution is -0.120. The Bertz CT molecular complexity index is 1090. The van der Waals surface area contributed by atoms with Crippen molar-refractivity contribution < 1.29 is 9.53 Å². The predicted octanol–water partition coefficient (Wildman–Crippen LogP) is 5.06. The van der Waals surface area contributed by atoms with Crippen LogP contribution in [0.25, 0.3) is 11.3 Å². The van der Waals surface area contributed by atoms with Gasteiger partial charge < -0.3 is 4.74 Å². The number of thioether (sulfide) groups is 1. The van der Waals surface area contributed by atoms with Gasteiger partial charge in [-0.15, -0.1) is 10.2 Å². The van der Waals surface area contributed by atoms with E-state index in [0.29, 0.717) is 33.9 Å². The minimum Gasteiger partial charge on any atom is -0.447 e. The molecule has 0 unspecified atom stereocenters. The third kappa shape index (κ3) is 3.68. The Morgan fingerprint density at radius 2 is 2.07 bits per heavy atom. The number of carbonyl (C=O) groups excluding carboxylic acids is 1. The summed E-state index contributed by atoms with van der Waals surface area (Å²) in [5, 5.41) is 9.62. The quantitative estimate of drug-likeness (QED) is 0.545. The molecule has 0 radical (unpaired) electrons. The Morgan fingerprint density at radius 1 is 1.24 bits per heavy atom. The monoisotopic (exact) mass is 426 g/mol. The van der Waals surface area contributed by atoms with Gasteiger partial charge in [-0.05, 0) is 37.4 Å². The third-order valence-corrected chi connectivity index (χ3v) is 5.42. The Labute approximate surface area is 178 Å². The summed E-state index contributed by atoms with van der Waals surface area (Å²) < 4.78 is 6.32. The van der Waals surface area contributed by atoms with E-state index in [1.54, 1.807) is 17.0 Å². The summed E-state index contributed by atoms with van der Waals surface area (Å²) in [4.78, 5) is 19.3. The van der Waals surface area contributed by atoms with Gasteiger partial charge in [0.1, 0.15) is 0 Å². The van der Waals surface area contributed by atoms with E-state index in [4.69, 9.17) is 16.3 Å². The molecule has 3 aromatic rings. The molecular formula is C21H19ClN4O2S. The van der Waals surface area contributed by atoms with E-state index >= 15 is 0 Å². The van der Waals surface area contributed by atoms with Crippen molar-refractivity contribution in [1.29, 1.82) is 0 Å². The number of fused-ring (bicyclic) bond motifs is 3. The number of hydrogen-bond donors (Lipinski definition) is 0. The van der Waals surface area contributed by atoms with Gasteiger partial charge in [0.2, 0.25) is 23.2 Å². The van der Waals surface area contributed by atoms with E-state index in [1.165, 1.54) is 11.8 Å². The van der Waals surface area contributed by atoms with Gasteiger partial charge in [-0.1, -0.05) is 54.0 Å². The number of benzene rings is 2. The lowest BCUT2D eigenvalue weighted by Gasteiger charge is -2.30. The largest absolute Gasteiger partial charge is 0.447 e. The Hall–Kier alpha value is -2.64. The van der Waals surface area contributed by atoms with Gasteiger partial charge in [-0.3, -0.25) is 9.69 Å². The highest BCUT2D eigenvalue weighted by Crippen LogP contribution is 2.44. The number of halogens is 1. The van der Waals surface area contributed by atoms with E-state index < -0.39 is 6.23 Å². The van der Waals surface area contributed by atoms with Gasteiger partial charge in [0.15, 0.2) is 5.69 Å². The average Bonchev–Trinajstić information content (AvgIpc) is 2.87. The van der Waals surface area contributed by atoms with Crippen molar-refractivity contribution in [2.75, 3.05) is 11.2 Å². The SMILES string of the molecule is CCC(=O)N1c2ccc(C)cc2-c2nnc(SC)nc2O[C@H]1c1cccc(Cl)c1. The van der Waals surface area contributed by atoms with Gasteiger partial charge in [0, 0.05) is 22.6 Å². The normalized spacial score (nSPS) is 15.2. The summed E-state index contributed by atoms with van der Waals surface area (Å²) in [5.74, 6) is 0.263. The van der Waals surface area contributed by atoms with E-state index in [-0.39, 0.29) is 5.91 Å². The van der Waals surface area contributed by atoms with Crippen molar-refractivity contribution >= 4 is 35.0 Å². The number of rotatable bonds is 3. The number of carbonyl (C=O) groups is 1. The molecule has 1 amide bonds. The van der Waals surface area contributed by atoms with Crippen molar-refractivity contribution in [3.63, 3.8) is 0 Å². The summed E-state index contributed by atoms with van der Waals surface area (Å²) in [6.45, 7) is 3.82. The second-order valence-electron chi connectivity index (χ2n) is 6.62. The molecule has 0 bridgehead atoms. The van der Waals surface area contributed by atoms with Crippen LogP contribution < -0.4 is 9.64 Å². The highest BCUT2D eigenvalue weighted by atomic mass is 35.5. The van der Waals surface area contributed by atoms with Crippen LogP contribution in [0.4, 0.5) is 5.69 Å². The highest BCUT2D eigenvalue weighted by Gasteiger charge is 2.35. The van der Waals surface area contributed by atoms with Crippen LogP contribution in [-0.2, 0) is 4.79 Å².